The van der Waals surface area contributed by atoms with Gasteiger partial charge in [0.1, 0.15) is 0 Å². The zero-order valence-corrected chi connectivity index (χ0v) is 56.0. The van der Waals surface area contributed by atoms with E-state index in [4.69, 9.17) is 4.74 Å². The summed E-state index contributed by atoms with van der Waals surface area (Å²) in [6.45, 7) is 4.96. The van der Waals surface area contributed by atoms with Crippen LogP contribution in [0.1, 0.15) is 438 Å². The van der Waals surface area contributed by atoms with E-state index in [9.17, 15) is 19.8 Å². The first-order valence-corrected chi connectivity index (χ1v) is 38.0. The number of allylic oxidation sites excluding steroid dienone is 1. The summed E-state index contributed by atoms with van der Waals surface area (Å²) in [6.07, 6.45) is 90.2. The Kier molecular flexibility index (Phi) is 70.8. The molecule has 0 aromatic rings. The standard InChI is InChI=1S/C76H149NO5/c1-3-5-7-9-11-13-15-17-19-21-22-23-24-25-27-30-33-37-40-44-48-52-56-60-64-68-74(79)73(72-78)77-75(80)69-65-61-57-53-49-45-41-38-34-31-28-26-29-32-35-39-43-47-51-55-59-63-67-71-82-76(81)70-66-62-58-54-50-46-42-36-20-18-16-14-12-10-8-6-4-2/h64,68,73-74,78-79H,3-63,65-67,69-72H2,1-2H3,(H,77,80)/b68-64+. The van der Waals surface area contributed by atoms with Gasteiger partial charge in [0, 0.05) is 12.8 Å². The number of amides is 1. The summed E-state index contributed by atoms with van der Waals surface area (Å²) in [7, 11) is 0. The van der Waals surface area contributed by atoms with E-state index in [1.54, 1.807) is 6.08 Å². The molecule has 488 valence electrons. The lowest BCUT2D eigenvalue weighted by molar-refractivity contribution is -0.143. The van der Waals surface area contributed by atoms with Crippen molar-refractivity contribution < 1.29 is 24.5 Å². The number of hydrogen-bond donors (Lipinski definition) is 3. The highest BCUT2D eigenvalue weighted by Gasteiger charge is 2.18. The highest BCUT2D eigenvalue weighted by Crippen LogP contribution is 2.20. The molecule has 3 N–H and O–H groups in total. The van der Waals surface area contributed by atoms with Crippen molar-refractivity contribution in [3.05, 3.63) is 12.2 Å². The SMILES string of the molecule is CCCCCCCCCCCCCCCCCCCCCCCCC/C=C/C(O)C(CO)NC(=O)CCCCCCCCCCCCCCCCCCCCCCCCCOC(=O)CCCCCCCCCCCCCCCCCCC. The van der Waals surface area contributed by atoms with E-state index in [2.05, 4.69) is 19.2 Å². The van der Waals surface area contributed by atoms with Gasteiger partial charge in [0.15, 0.2) is 0 Å². The van der Waals surface area contributed by atoms with Crippen molar-refractivity contribution >= 4 is 11.9 Å². The molecule has 0 radical (unpaired) electrons. The average molecular weight is 1160 g/mol. The number of esters is 1. The zero-order valence-electron chi connectivity index (χ0n) is 56.0. The van der Waals surface area contributed by atoms with Crippen LogP contribution in [0, 0.1) is 0 Å². The topological polar surface area (TPSA) is 95.9 Å². The largest absolute Gasteiger partial charge is 0.466 e. The molecule has 0 aromatic carbocycles. The van der Waals surface area contributed by atoms with Crippen LogP contribution in [0.5, 0.6) is 0 Å². The van der Waals surface area contributed by atoms with E-state index in [0.29, 0.717) is 19.4 Å². The fraction of sp³-hybridized carbons (Fsp3) is 0.947. The maximum Gasteiger partial charge on any atom is 0.305 e. The van der Waals surface area contributed by atoms with Gasteiger partial charge in [-0.25, -0.2) is 0 Å². The molecule has 0 saturated carbocycles. The number of aliphatic hydroxyl groups excluding tert-OH is 2. The molecule has 2 unspecified atom stereocenters. The van der Waals surface area contributed by atoms with Gasteiger partial charge < -0.3 is 20.3 Å². The lowest BCUT2D eigenvalue weighted by atomic mass is 10.0. The molecule has 0 aromatic heterocycles. The lowest BCUT2D eigenvalue weighted by Crippen LogP contribution is -2.45. The van der Waals surface area contributed by atoms with Crippen LogP contribution in [-0.4, -0.2) is 47.4 Å². The lowest BCUT2D eigenvalue weighted by Gasteiger charge is -2.20. The molecular weight excluding hydrogens is 1010 g/mol. The molecule has 0 aliphatic carbocycles. The Balaban J connectivity index is 3.38. The minimum atomic E-state index is -0.845. The molecule has 6 heteroatoms. The van der Waals surface area contributed by atoms with Crippen molar-refractivity contribution in [1.82, 2.24) is 5.32 Å². The van der Waals surface area contributed by atoms with Gasteiger partial charge >= 0.3 is 5.97 Å². The minimum Gasteiger partial charge on any atom is -0.466 e. The van der Waals surface area contributed by atoms with E-state index in [0.717, 1.165) is 38.5 Å². The summed E-state index contributed by atoms with van der Waals surface area (Å²) in [4.78, 5) is 24.7. The fourth-order valence-electron chi connectivity index (χ4n) is 12.3. The predicted molar refractivity (Wildman–Crippen MR) is 361 cm³/mol. The number of aliphatic hydroxyl groups is 2. The fourth-order valence-corrected chi connectivity index (χ4v) is 12.3. The second-order valence-corrected chi connectivity index (χ2v) is 26.4. The van der Waals surface area contributed by atoms with E-state index in [1.165, 1.54) is 372 Å². The second kappa shape index (κ2) is 72.1. The van der Waals surface area contributed by atoms with Crippen molar-refractivity contribution in [2.45, 2.75) is 450 Å². The molecule has 0 aliphatic heterocycles. The summed E-state index contributed by atoms with van der Waals surface area (Å²) < 4.78 is 5.51. The van der Waals surface area contributed by atoms with Crippen LogP contribution in [0.15, 0.2) is 12.2 Å². The summed E-state index contributed by atoms with van der Waals surface area (Å²) in [5.74, 6) is -0.0424. The van der Waals surface area contributed by atoms with Crippen molar-refractivity contribution in [3.8, 4) is 0 Å². The third-order valence-corrected chi connectivity index (χ3v) is 18.1. The molecule has 1 amide bonds. The maximum absolute atomic E-state index is 12.5. The van der Waals surface area contributed by atoms with Crippen LogP contribution in [-0.2, 0) is 14.3 Å². The molecule has 0 saturated heterocycles. The second-order valence-electron chi connectivity index (χ2n) is 26.4. The van der Waals surface area contributed by atoms with Gasteiger partial charge in [0.2, 0.25) is 5.91 Å². The van der Waals surface area contributed by atoms with Crippen LogP contribution >= 0.6 is 0 Å². The molecule has 2 atom stereocenters. The summed E-state index contributed by atoms with van der Waals surface area (Å²) in [6, 6.07) is -0.628. The van der Waals surface area contributed by atoms with Gasteiger partial charge in [0.05, 0.1) is 25.4 Å². The van der Waals surface area contributed by atoms with Gasteiger partial charge in [-0.05, 0) is 32.1 Å². The third-order valence-electron chi connectivity index (χ3n) is 18.1. The Labute approximate surface area is 514 Å². The highest BCUT2D eigenvalue weighted by atomic mass is 16.5. The van der Waals surface area contributed by atoms with Gasteiger partial charge in [0.25, 0.3) is 0 Å². The van der Waals surface area contributed by atoms with E-state index >= 15 is 0 Å². The molecule has 6 nitrogen and oxygen atoms in total. The van der Waals surface area contributed by atoms with Crippen LogP contribution < -0.4 is 5.32 Å². The molecule has 82 heavy (non-hydrogen) atoms. The Morgan fingerprint density at radius 2 is 0.561 bits per heavy atom. The van der Waals surface area contributed by atoms with Gasteiger partial charge in [-0.1, -0.05) is 405 Å². The first-order chi connectivity index (χ1) is 40.5. The summed E-state index contributed by atoms with van der Waals surface area (Å²) in [5, 5.41) is 23.3. The normalized spacial score (nSPS) is 12.5. The van der Waals surface area contributed by atoms with Crippen LogP contribution in [0.25, 0.3) is 0 Å². The highest BCUT2D eigenvalue weighted by molar-refractivity contribution is 5.76. The number of carbonyl (C=O) groups excluding carboxylic acids is 2. The Morgan fingerprint density at radius 3 is 0.829 bits per heavy atom. The number of unbranched alkanes of at least 4 members (excludes halogenated alkanes) is 61. The first-order valence-electron chi connectivity index (χ1n) is 38.0. The van der Waals surface area contributed by atoms with E-state index in [1.807, 2.05) is 6.08 Å². The summed E-state index contributed by atoms with van der Waals surface area (Å²) >= 11 is 0. The van der Waals surface area contributed by atoms with Crippen molar-refractivity contribution in [2.75, 3.05) is 13.2 Å². The molecule has 0 rings (SSSR count). The van der Waals surface area contributed by atoms with Crippen molar-refractivity contribution in [2.24, 2.45) is 0 Å². The molecule has 0 bridgehead atoms. The number of hydrogen-bond acceptors (Lipinski definition) is 5. The zero-order chi connectivity index (χ0) is 59.2. The predicted octanol–water partition coefficient (Wildman–Crippen LogP) is 24.7. The molecule has 0 heterocycles. The van der Waals surface area contributed by atoms with Crippen LogP contribution in [0.4, 0.5) is 0 Å². The quantitative estimate of drug-likeness (QED) is 0.0320. The van der Waals surface area contributed by atoms with Crippen LogP contribution in [0.3, 0.4) is 0 Å². The molecule has 0 aliphatic rings. The Hall–Kier alpha value is -1.40. The van der Waals surface area contributed by atoms with Gasteiger partial charge in [-0.3, -0.25) is 9.59 Å². The Bertz CT molecular complexity index is 1240. The molecule has 0 fully saturated rings. The number of carbonyl (C=O) groups is 2. The number of nitrogens with one attached hydrogen (secondary N) is 1. The maximum atomic E-state index is 12.5. The summed E-state index contributed by atoms with van der Waals surface area (Å²) in [5.41, 5.74) is 0. The van der Waals surface area contributed by atoms with Crippen molar-refractivity contribution in [1.29, 1.82) is 0 Å². The monoisotopic (exact) mass is 1160 g/mol. The Morgan fingerprint density at radius 1 is 0.329 bits per heavy atom. The van der Waals surface area contributed by atoms with Gasteiger partial charge in [-0.2, -0.15) is 0 Å². The smallest absolute Gasteiger partial charge is 0.305 e. The van der Waals surface area contributed by atoms with E-state index in [-0.39, 0.29) is 18.5 Å². The third kappa shape index (κ3) is 67.7. The van der Waals surface area contributed by atoms with E-state index < -0.39 is 12.1 Å². The first kappa shape index (κ1) is 80.6. The molecular formula is C76H149NO5. The van der Waals surface area contributed by atoms with Crippen LogP contribution in [0.2, 0.25) is 0 Å². The number of ether oxygens (including phenoxy) is 1. The molecule has 0 spiro atoms. The van der Waals surface area contributed by atoms with Crippen molar-refractivity contribution in [3.63, 3.8) is 0 Å². The van der Waals surface area contributed by atoms with Gasteiger partial charge in [-0.15, -0.1) is 0 Å². The average Bonchev–Trinajstić information content (AvgIpc) is 3.48. The minimum absolute atomic E-state index is 0.0193. The number of rotatable bonds is 72.